The summed E-state index contributed by atoms with van der Waals surface area (Å²) in [6.07, 6.45) is -5.33. The van der Waals surface area contributed by atoms with Crippen LogP contribution in [0.3, 0.4) is 0 Å². The molecule has 17 atom stereocenters. The maximum atomic E-state index is 12.2. The quantitative estimate of drug-likeness (QED) is 0.0575. The van der Waals surface area contributed by atoms with Crippen molar-refractivity contribution in [3.63, 3.8) is 0 Å². The van der Waals surface area contributed by atoms with E-state index in [1.165, 1.54) is 6.92 Å². The van der Waals surface area contributed by atoms with Gasteiger partial charge in [-0.3, -0.25) is 10.1 Å². The first kappa shape index (κ1) is 40.0. The summed E-state index contributed by atoms with van der Waals surface area (Å²) in [7, 11) is 0. The van der Waals surface area contributed by atoms with Gasteiger partial charge in [-0.2, -0.15) is 0 Å². The van der Waals surface area contributed by atoms with E-state index in [0.717, 1.165) is 38.5 Å². The van der Waals surface area contributed by atoms with Crippen molar-refractivity contribution in [2.75, 3.05) is 6.61 Å². The van der Waals surface area contributed by atoms with Crippen LogP contribution in [0.25, 0.3) is 0 Å². The summed E-state index contributed by atoms with van der Waals surface area (Å²) in [6, 6.07) is 0. The van der Waals surface area contributed by atoms with Gasteiger partial charge in [0.05, 0.1) is 17.8 Å². The highest BCUT2D eigenvalue weighted by molar-refractivity contribution is 5.65. The van der Waals surface area contributed by atoms with Gasteiger partial charge in [0, 0.05) is 12.3 Å². The molecule has 0 spiro atoms. The lowest BCUT2D eigenvalue weighted by atomic mass is 9.34. The molecule has 17 unspecified atom stereocenters. The minimum absolute atomic E-state index is 0.0665. The molecule has 5 aliphatic rings. The minimum Gasteiger partial charge on any atom is -0.463 e. The zero-order valence-corrected chi connectivity index (χ0v) is 31.2. The summed E-state index contributed by atoms with van der Waals surface area (Å²) in [4.78, 5) is 16.1. The molecule has 12 heteroatoms. The molecule has 1 aliphatic heterocycles. The number of fused-ring (bicyclic) bond motifs is 5. The number of hydrogen-bond donors (Lipinski definition) is 7. The molecule has 288 valence electrons. The van der Waals surface area contributed by atoms with E-state index in [-0.39, 0.29) is 41.1 Å². The second kappa shape index (κ2) is 13.9. The van der Waals surface area contributed by atoms with Crippen molar-refractivity contribution in [3.8, 4) is 0 Å². The Balaban J connectivity index is 1.38. The molecule has 4 saturated carbocycles. The van der Waals surface area contributed by atoms with Crippen LogP contribution in [0.4, 0.5) is 0 Å². The van der Waals surface area contributed by atoms with Crippen LogP contribution in [0.1, 0.15) is 107 Å². The lowest BCUT2D eigenvalue weighted by Gasteiger charge is -2.71. The van der Waals surface area contributed by atoms with Gasteiger partial charge in [0.25, 0.3) is 0 Å². The Morgan fingerprint density at radius 1 is 0.900 bits per heavy atom. The Hall–Kier alpha value is -1.19. The summed E-state index contributed by atoms with van der Waals surface area (Å²) >= 11 is 0. The third-order valence-electron chi connectivity index (χ3n) is 15.3. The first-order valence-corrected chi connectivity index (χ1v) is 18.6. The first-order chi connectivity index (χ1) is 23.1. The van der Waals surface area contributed by atoms with Crippen LogP contribution in [0.2, 0.25) is 0 Å². The summed E-state index contributed by atoms with van der Waals surface area (Å²) < 4.78 is 17.1. The van der Waals surface area contributed by atoms with Crippen molar-refractivity contribution < 1.29 is 59.8 Å². The molecule has 1 heterocycles. The fourth-order valence-electron chi connectivity index (χ4n) is 12.3. The summed E-state index contributed by atoms with van der Waals surface area (Å²) in [5.74, 6) is -0.278. The molecule has 5 rings (SSSR count). The Kier molecular flexibility index (Phi) is 11.1. The number of ether oxygens (including phenoxy) is 3. The molecule has 4 aliphatic carbocycles. The number of hydrogen-bond acceptors (Lipinski definition) is 12. The molecule has 12 nitrogen and oxygen atoms in total. The Bertz CT molecular complexity index is 1260. The van der Waals surface area contributed by atoms with E-state index in [1.54, 1.807) is 6.92 Å². The number of carbonyl (C=O) groups excluding carboxylic acids is 1. The van der Waals surface area contributed by atoms with Crippen LogP contribution in [-0.2, 0) is 23.9 Å². The first-order valence-electron chi connectivity index (χ1n) is 18.6. The topological polar surface area (TPSA) is 196 Å². The van der Waals surface area contributed by atoms with Gasteiger partial charge in [-0.1, -0.05) is 41.2 Å². The van der Waals surface area contributed by atoms with Crippen molar-refractivity contribution in [1.82, 2.24) is 0 Å². The molecule has 0 radical (unpaired) electrons. The van der Waals surface area contributed by atoms with E-state index < -0.39 is 77.5 Å². The van der Waals surface area contributed by atoms with Gasteiger partial charge in [0.1, 0.15) is 43.2 Å². The second-order valence-corrected chi connectivity index (χ2v) is 18.1. The van der Waals surface area contributed by atoms with E-state index in [4.69, 9.17) is 14.2 Å². The van der Waals surface area contributed by atoms with Gasteiger partial charge in [0.2, 0.25) is 0 Å². The minimum atomic E-state index is -1.65. The van der Waals surface area contributed by atoms with Gasteiger partial charge >= 0.3 is 5.97 Å². The summed E-state index contributed by atoms with van der Waals surface area (Å²) in [5, 5.41) is 77.4. The van der Waals surface area contributed by atoms with Gasteiger partial charge < -0.3 is 44.8 Å². The lowest BCUT2D eigenvalue weighted by Crippen LogP contribution is -2.73. The summed E-state index contributed by atoms with van der Waals surface area (Å²) in [6.45, 7) is 19.3. The van der Waals surface area contributed by atoms with Crippen molar-refractivity contribution in [1.29, 1.82) is 0 Å². The van der Waals surface area contributed by atoms with Crippen LogP contribution < -0.4 is 0 Å². The van der Waals surface area contributed by atoms with Crippen molar-refractivity contribution in [2.45, 2.75) is 167 Å². The molecule has 0 amide bonds. The predicted octanol–water partition coefficient (Wildman–Crippen LogP) is 3.33. The molecule has 50 heavy (non-hydrogen) atoms. The van der Waals surface area contributed by atoms with Crippen molar-refractivity contribution >= 4 is 5.97 Å². The molecule has 0 bridgehead atoms. The van der Waals surface area contributed by atoms with E-state index in [9.17, 15) is 40.7 Å². The molecule has 0 aromatic carbocycles. The molecule has 0 aromatic heterocycles. The van der Waals surface area contributed by atoms with Crippen LogP contribution in [0.5, 0.6) is 0 Å². The monoisotopic (exact) mass is 712 g/mol. The standard InChI is InChI=1S/C38H64O12/c1-19(2)23(50-46)13-17-37(8,45)22-12-15-35(6)21(22)10-11-26-36(35,7)16-14-25-34(4,5)32(30(43)31(44)38(25,26)9)49-33-29(42)28(41)27(40)24(48-33)18-47-20(3)39/h21-33,40-46H,1,10-18H2,2-9H3. The largest absolute Gasteiger partial charge is 0.463 e. The number of carbonyl (C=O) groups is 1. The van der Waals surface area contributed by atoms with Gasteiger partial charge in [-0.15, -0.1) is 0 Å². The third-order valence-corrected chi connectivity index (χ3v) is 15.3. The fourth-order valence-corrected chi connectivity index (χ4v) is 12.3. The molecule has 5 fully saturated rings. The van der Waals surface area contributed by atoms with Crippen LogP contribution in [0, 0.1) is 45.3 Å². The second-order valence-electron chi connectivity index (χ2n) is 18.1. The summed E-state index contributed by atoms with van der Waals surface area (Å²) in [5.41, 5.74) is -1.94. The fraction of sp³-hybridized carbons (Fsp3) is 0.921. The van der Waals surface area contributed by atoms with E-state index in [1.807, 2.05) is 20.8 Å². The average Bonchev–Trinajstić information content (AvgIpc) is 3.40. The van der Waals surface area contributed by atoms with Gasteiger partial charge in [-0.25, -0.2) is 4.89 Å². The number of aliphatic hydroxyl groups is 6. The number of aliphatic hydroxyl groups excluding tert-OH is 5. The average molecular weight is 713 g/mol. The maximum absolute atomic E-state index is 12.2. The molecule has 1 saturated heterocycles. The van der Waals surface area contributed by atoms with Crippen LogP contribution in [-0.4, -0.2) is 109 Å². The molecular weight excluding hydrogens is 648 g/mol. The smallest absolute Gasteiger partial charge is 0.302 e. The van der Waals surface area contributed by atoms with E-state index >= 15 is 0 Å². The van der Waals surface area contributed by atoms with Crippen molar-refractivity contribution in [3.05, 3.63) is 12.2 Å². The normalized spacial score (nSPS) is 48.8. The molecule has 7 N–H and O–H groups in total. The highest BCUT2D eigenvalue weighted by Crippen LogP contribution is 2.76. The Morgan fingerprint density at radius 2 is 1.54 bits per heavy atom. The Labute approximate surface area is 297 Å². The molecular formula is C38H64O12. The molecule has 0 aromatic rings. The lowest BCUT2D eigenvalue weighted by molar-refractivity contribution is -0.355. The van der Waals surface area contributed by atoms with Crippen molar-refractivity contribution in [2.24, 2.45) is 45.3 Å². The highest BCUT2D eigenvalue weighted by Gasteiger charge is 2.73. The Morgan fingerprint density at radius 3 is 2.14 bits per heavy atom. The van der Waals surface area contributed by atoms with Crippen LogP contribution in [0.15, 0.2) is 12.2 Å². The maximum Gasteiger partial charge on any atom is 0.302 e. The highest BCUT2D eigenvalue weighted by atomic mass is 17.1. The number of esters is 1. The number of rotatable bonds is 10. The van der Waals surface area contributed by atoms with E-state index in [2.05, 4.69) is 32.2 Å². The SMILES string of the molecule is C=C(C)C(CCC(C)(O)C1CCC2(C)C1CCC1C3(C)C(O)C(O)C(OC4OC(COC(C)=O)C(O)C(O)C4O)C(C)(C)C3CCC12C)OO. The third kappa shape index (κ3) is 6.21. The van der Waals surface area contributed by atoms with Gasteiger partial charge in [0.15, 0.2) is 6.29 Å². The van der Waals surface area contributed by atoms with E-state index in [0.29, 0.717) is 18.4 Å². The predicted molar refractivity (Wildman–Crippen MR) is 182 cm³/mol. The van der Waals surface area contributed by atoms with Gasteiger partial charge in [-0.05, 0) is 111 Å². The zero-order chi connectivity index (χ0) is 37.4. The van der Waals surface area contributed by atoms with Crippen LogP contribution >= 0.6 is 0 Å². The zero-order valence-electron chi connectivity index (χ0n) is 31.2.